The van der Waals surface area contributed by atoms with Crippen LogP contribution in [0.25, 0.3) is 0 Å². The van der Waals surface area contributed by atoms with E-state index in [1.807, 2.05) is 0 Å². The van der Waals surface area contributed by atoms with Gasteiger partial charge in [0.2, 0.25) is 26.8 Å². The second-order valence-corrected chi connectivity index (χ2v) is 14.4. The van der Waals surface area contributed by atoms with Crippen LogP contribution in [-0.4, -0.2) is 98.8 Å². The predicted molar refractivity (Wildman–Crippen MR) is 261 cm³/mol. The standard InChI is InChI=1S/C14H13ClN4O5.C14H15ClN4O3.C10H13NO3.C4HCl2N3O2/c1-23-12(20)6-7-24-10-4-2-9(3-5-10)17-13-11(19(21)22)8-16-14(15)18-13;1-21-12(20)6-7-22-10-4-2-9(3-5-10)18-13-11(16)8-17-14(15)19-13;1-13-10(12)6-7-14-9-4-2-8(11)3-5-9;5-3-2(9(10)11)1-7-4(6)8-3/h2-5,8H,6-7H2,1H3,(H,16,17,18);2-5,8H,6-7,16H2,1H3,(H,17,18,19);2-5H,6-7,11H2,1H3;1H. The number of nitro groups is 2. The first-order valence-electron chi connectivity index (χ1n) is 19.9. The van der Waals surface area contributed by atoms with Crippen LogP contribution in [0.1, 0.15) is 19.3 Å². The molecule has 0 amide bonds. The largest absolute Gasteiger partial charge is 0.493 e. The number of hydrogen-bond acceptors (Lipinski definition) is 23. The molecule has 0 atom stereocenters. The van der Waals surface area contributed by atoms with Gasteiger partial charge in [-0.25, -0.2) is 15.0 Å². The van der Waals surface area contributed by atoms with E-state index in [-0.39, 0.29) is 88.6 Å². The van der Waals surface area contributed by atoms with Crippen LogP contribution < -0.4 is 36.3 Å². The molecule has 25 nitrogen and oxygen atoms in total. The van der Waals surface area contributed by atoms with Crippen molar-refractivity contribution in [1.82, 2.24) is 29.9 Å². The lowest BCUT2D eigenvalue weighted by Gasteiger charge is -2.09. The number of nitrogens with two attached hydrogens (primary N) is 2. The molecule has 0 aliphatic carbocycles. The smallest absolute Gasteiger partial charge is 0.329 e. The Labute approximate surface area is 423 Å². The lowest BCUT2D eigenvalue weighted by molar-refractivity contribution is -0.385. The minimum absolute atomic E-state index is 0.0145. The van der Waals surface area contributed by atoms with Gasteiger partial charge in [-0.05, 0) is 108 Å². The number of nitrogens with zero attached hydrogens (tertiary/aromatic N) is 8. The van der Waals surface area contributed by atoms with Crippen LogP contribution in [0.2, 0.25) is 21.0 Å². The quantitative estimate of drug-likeness (QED) is 0.0120. The van der Waals surface area contributed by atoms with Crippen molar-refractivity contribution in [2.45, 2.75) is 19.3 Å². The summed E-state index contributed by atoms with van der Waals surface area (Å²) in [6.45, 7) is 0.761. The van der Waals surface area contributed by atoms with Crippen LogP contribution in [0.4, 0.5) is 45.8 Å². The fourth-order valence-electron chi connectivity index (χ4n) is 4.68. The van der Waals surface area contributed by atoms with E-state index in [0.29, 0.717) is 46.7 Å². The molecule has 0 saturated heterocycles. The molecule has 71 heavy (non-hydrogen) atoms. The highest BCUT2D eigenvalue weighted by Crippen LogP contribution is 2.27. The number of aromatic nitrogens is 6. The first kappa shape index (κ1) is 57.2. The number of carbonyl (C=O) groups is 3. The van der Waals surface area contributed by atoms with Gasteiger partial charge in [0.25, 0.3) is 0 Å². The maximum Gasteiger partial charge on any atom is 0.329 e. The summed E-state index contributed by atoms with van der Waals surface area (Å²) in [6, 6.07) is 20.7. The van der Waals surface area contributed by atoms with Gasteiger partial charge >= 0.3 is 29.3 Å². The van der Waals surface area contributed by atoms with E-state index in [1.165, 1.54) is 27.5 Å². The summed E-state index contributed by atoms with van der Waals surface area (Å²) in [7, 11) is 4.00. The van der Waals surface area contributed by atoms with Crippen LogP contribution in [0.15, 0.2) is 91.4 Å². The Balaban J connectivity index is 0.000000261. The van der Waals surface area contributed by atoms with Crippen LogP contribution in [0.5, 0.6) is 17.2 Å². The molecule has 0 aliphatic rings. The van der Waals surface area contributed by atoms with Crippen molar-refractivity contribution in [1.29, 1.82) is 0 Å². The fraction of sp³-hybridized carbons (Fsp3) is 0.214. The van der Waals surface area contributed by atoms with E-state index in [4.69, 9.17) is 72.1 Å². The lowest BCUT2D eigenvalue weighted by Crippen LogP contribution is -2.07. The van der Waals surface area contributed by atoms with Gasteiger partial charge in [0.1, 0.15) is 29.6 Å². The Hall–Kier alpha value is -8.13. The number of hydrogen-bond donors (Lipinski definition) is 4. The number of benzene rings is 3. The molecule has 0 saturated carbocycles. The molecule has 0 spiro atoms. The average molecular weight is 1060 g/mol. The van der Waals surface area contributed by atoms with Crippen molar-refractivity contribution in [3.63, 3.8) is 0 Å². The molecule has 29 heteroatoms. The Morgan fingerprint density at radius 3 is 1.28 bits per heavy atom. The number of halogens is 4. The number of ether oxygens (including phenoxy) is 6. The highest BCUT2D eigenvalue weighted by atomic mass is 35.5. The highest BCUT2D eigenvalue weighted by Gasteiger charge is 2.17. The third-order valence-electron chi connectivity index (χ3n) is 8.14. The topological polar surface area (TPSA) is 346 Å². The van der Waals surface area contributed by atoms with Gasteiger partial charge in [0.05, 0.1) is 82.1 Å². The first-order chi connectivity index (χ1) is 33.9. The summed E-state index contributed by atoms with van der Waals surface area (Å²) in [5.41, 5.74) is 13.0. The molecule has 0 fully saturated rings. The van der Waals surface area contributed by atoms with Crippen molar-refractivity contribution < 1.29 is 52.7 Å². The van der Waals surface area contributed by atoms with Gasteiger partial charge in [-0.15, -0.1) is 0 Å². The number of methoxy groups -OCH3 is 3. The van der Waals surface area contributed by atoms with E-state index in [1.54, 1.807) is 72.8 Å². The zero-order valence-electron chi connectivity index (χ0n) is 37.5. The zero-order valence-corrected chi connectivity index (χ0v) is 40.5. The molecule has 6 N–H and O–H groups in total. The Kier molecular flexibility index (Phi) is 24.5. The Morgan fingerprint density at radius 2 is 0.887 bits per heavy atom. The molecule has 3 aromatic carbocycles. The van der Waals surface area contributed by atoms with Gasteiger partial charge < -0.3 is 50.5 Å². The van der Waals surface area contributed by atoms with E-state index < -0.39 is 9.85 Å². The third kappa shape index (κ3) is 21.8. The van der Waals surface area contributed by atoms with Crippen molar-refractivity contribution in [3.8, 4) is 17.2 Å². The minimum atomic E-state index is -0.682. The normalized spacial score (nSPS) is 9.90. The predicted octanol–water partition coefficient (Wildman–Crippen LogP) is 8.02. The summed E-state index contributed by atoms with van der Waals surface area (Å²) < 4.78 is 29.6. The minimum Gasteiger partial charge on any atom is -0.493 e. The molecule has 0 aliphatic heterocycles. The second kappa shape index (κ2) is 30.4. The number of esters is 3. The molecule has 6 rings (SSSR count). The van der Waals surface area contributed by atoms with Gasteiger partial charge in [-0.3, -0.25) is 34.6 Å². The van der Waals surface area contributed by atoms with Crippen LogP contribution in [0.3, 0.4) is 0 Å². The van der Waals surface area contributed by atoms with Crippen molar-refractivity contribution >= 4 is 110 Å². The van der Waals surface area contributed by atoms with Gasteiger partial charge in [0.15, 0.2) is 5.82 Å². The third-order valence-corrected chi connectivity index (χ3v) is 8.96. The van der Waals surface area contributed by atoms with Crippen LogP contribution >= 0.6 is 46.4 Å². The summed E-state index contributed by atoms with van der Waals surface area (Å²) in [4.78, 5) is 74.4. The van der Waals surface area contributed by atoms with Gasteiger partial charge in [-0.2, -0.15) is 15.0 Å². The van der Waals surface area contributed by atoms with E-state index in [0.717, 1.165) is 18.1 Å². The molecule has 3 heterocycles. The molecule has 6 aromatic rings. The number of carbonyl (C=O) groups excluding carboxylic acids is 3. The molecule has 0 bridgehead atoms. The van der Waals surface area contributed by atoms with Crippen LogP contribution in [0, 0.1) is 20.2 Å². The maximum atomic E-state index is 11.0. The first-order valence-corrected chi connectivity index (χ1v) is 21.4. The fourth-order valence-corrected chi connectivity index (χ4v) is 5.32. The summed E-state index contributed by atoms with van der Waals surface area (Å²) in [6.07, 6.45) is 4.01. The zero-order chi connectivity index (χ0) is 52.3. The molecular weight excluding hydrogens is 1020 g/mol. The monoisotopic (exact) mass is 1060 g/mol. The number of nitrogens with one attached hydrogen (secondary N) is 2. The van der Waals surface area contributed by atoms with Crippen molar-refractivity contribution in [2.75, 3.05) is 63.3 Å². The highest BCUT2D eigenvalue weighted by molar-refractivity contribution is 6.33. The van der Waals surface area contributed by atoms with Crippen molar-refractivity contribution in [3.05, 3.63) is 133 Å². The van der Waals surface area contributed by atoms with E-state index in [9.17, 15) is 34.6 Å². The Morgan fingerprint density at radius 1 is 0.535 bits per heavy atom. The summed E-state index contributed by atoms with van der Waals surface area (Å²) >= 11 is 22.0. The molecule has 0 radical (unpaired) electrons. The van der Waals surface area contributed by atoms with Crippen molar-refractivity contribution in [2.24, 2.45) is 0 Å². The van der Waals surface area contributed by atoms with E-state index in [2.05, 4.69) is 54.7 Å². The molecule has 0 unspecified atom stereocenters. The van der Waals surface area contributed by atoms with Gasteiger partial charge in [-0.1, -0.05) is 11.6 Å². The van der Waals surface area contributed by atoms with E-state index >= 15 is 0 Å². The number of rotatable bonds is 18. The molecule has 376 valence electrons. The average Bonchev–Trinajstić information content (AvgIpc) is 3.34. The maximum absolute atomic E-state index is 11.0. The molecular formula is C42H42Cl4N12O13. The second-order valence-electron chi connectivity index (χ2n) is 13.0. The summed E-state index contributed by atoms with van der Waals surface area (Å²) in [5, 5.41) is 26.6. The lowest BCUT2D eigenvalue weighted by atomic mass is 10.3. The van der Waals surface area contributed by atoms with Crippen LogP contribution in [-0.2, 0) is 28.6 Å². The van der Waals surface area contributed by atoms with Gasteiger partial charge in [0, 0.05) is 17.1 Å². The summed E-state index contributed by atoms with van der Waals surface area (Å²) in [5.74, 6) is 1.35. The SMILES string of the molecule is COC(=O)CCOc1ccc(N)cc1.COC(=O)CCOc1ccc(Nc2nc(Cl)ncc2N)cc1.COC(=O)CCOc1ccc(Nc2nc(Cl)ncc2[N+](=O)[O-])cc1.O=[N+]([O-])c1cnc(Cl)nc1Cl. The number of nitrogen functional groups attached to an aromatic ring is 2. The molecule has 3 aromatic heterocycles. The number of anilines is 6. The Bertz CT molecular complexity index is 2700.